The standard InChI is InChI=1S/C21H29FN6O2/c1-13-19(14(2)27(4)26-13)25-20(29)15(3)28-11-9-18(10-12-28)24-21(30)23-17-7-5-16(22)6-8-17/h5-8,15,18H,9-12H2,1-4H3,(H,25,29)(H2,23,24,30)/t15-/m1/s1. The summed E-state index contributed by atoms with van der Waals surface area (Å²) in [6.45, 7) is 7.11. The minimum atomic E-state index is -0.347. The number of hydrogen-bond donors (Lipinski definition) is 3. The maximum atomic E-state index is 13.0. The summed E-state index contributed by atoms with van der Waals surface area (Å²) in [6.07, 6.45) is 1.50. The van der Waals surface area contributed by atoms with E-state index in [1.807, 2.05) is 27.8 Å². The smallest absolute Gasteiger partial charge is 0.319 e. The quantitative estimate of drug-likeness (QED) is 0.699. The number of aryl methyl sites for hydroxylation is 2. The number of anilines is 2. The molecule has 0 unspecified atom stereocenters. The maximum absolute atomic E-state index is 13.0. The van der Waals surface area contributed by atoms with Gasteiger partial charge in [0.1, 0.15) is 5.82 Å². The van der Waals surface area contributed by atoms with Crippen molar-refractivity contribution >= 4 is 23.3 Å². The van der Waals surface area contributed by atoms with E-state index in [9.17, 15) is 14.0 Å². The van der Waals surface area contributed by atoms with Gasteiger partial charge < -0.3 is 16.0 Å². The second kappa shape index (κ2) is 9.25. The van der Waals surface area contributed by atoms with Crippen molar-refractivity contribution in [3.8, 4) is 0 Å². The van der Waals surface area contributed by atoms with Crippen molar-refractivity contribution in [1.29, 1.82) is 0 Å². The van der Waals surface area contributed by atoms with Crippen LogP contribution in [0.25, 0.3) is 0 Å². The number of hydrogen-bond acceptors (Lipinski definition) is 4. The number of urea groups is 1. The Balaban J connectivity index is 1.46. The van der Waals surface area contributed by atoms with Crippen LogP contribution < -0.4 is 16.0 Å². The number of nitrogens with zero attached hydrogens (tertiary/aromatic N) is 3. The van der Waals surface area contributed by atoms with Crippen molar-refractivity contribution in [2.45, 2.75) is 45.7 Å². The third-order valence-corrected chi connectivity index (χ3v) is 5.65. The highest BCUT2D eigenvalue weighted by Gasteiger charge is 2.28. The van der Waals surface area contributed by atoms with Gasteiger partial charge in [-0.05, 0) is 57.9 Å². The van der Waals surface area contributed by atoms with Gasteiger partial charge in [-0.15, -0.1) is 0 Å². The van der Waals surface area contributed by atoms with Crippen molar-refractivity contribution < 1.29 is 14.0 Å². The van der Waals surface area contributed by atoms with Crippen LogP contribution in [0.4, 0.5) is 20.6 Å². The van der Waals surface area contributed by atoms with Crippen LogP contribution in [0, 0.1) is 19.7 Å². The van der Waals surface area contributed by atoms with Gasteiger partial charge in [-0.2, -0.15) is 5.10 Å². The lowest BCUT2D eigenvalue weighted by atomic mass is 10.0. The van der Waals surface area contributed by atoms with E-state index in [2.05, 4.69) is 25.9 Å². The fourth-order valence-corrected chi connectivity index (χ4v) is 3.66. The normalized spacial score (nSPS) is 16.2. The predicted octanol–water partition coefficient (Wildman–Crippen LogP) is 2.79. The van der Waals surface area contributed by atoms with Gasteiger partial charge in [0.05, 0.1) is 23.1 Å². The predicted molar refractivity (Wildman–Crippen MR) is 114 cm³/mol. The summed E-state index contributed by atoms with van der Waals surface area (Å²) in [5.41, 5.74) is 3.02. The number of piperidine rings is 1. The molecular formula is C21H29FN6O2. The molecule has 2 aromatic rings. The summed E-state index contributed by atoms with van der Waals surface area (Å²) < 4.78 is 14.7. The molecule has 3 N–H and O–H groups in total. The van der Waals surface area contributed by atoms with Crippen molar-refractivity contribution in [3.05, 3.63) is 41.5 Å². The zero-order valence-electron chi connectivity index (χ0n) is 17.8. The van der Waals surface area contributed by atoms with E-state index in [1.54, 1.807) is 4.68 Å². The average molecular weight is 417 g/mol. The first kappa shape index (κ1) is 21.8. The zero-order chi connectivity index (χ0) is 21.8. The minimum Gasteiger partial charge on any atom is -0.335 e. The number of carbonyl (C=O) groups is 2. The number of amides is 3. The van der Waals surface area contributed by atoms with Gasteiger partial charge in [-0.1, -0.05) is 0 Å². The third kappa shape index (κ3) is 5.15. The average Bonchev–Trinajstić information content (AvgIpc) is 2.95. The lowest BCUT2D eigenvalue weighted by Crippen LogP contribution is -2.51. The Morgan fingerprint density at radius 1 is 1.13 bits per heavy atom. The Labute approximate surface area is 175 Å². The highest BCUT2D eigenvalue weighted by Crippen LogP contribution is 2.20. The molecule has 1 saturated heterocycles. The number of nitrogens with one attached hydrogen (secondary N) is 3. The topological polar surface area (TPSA) is 91.3 Å². The van der Waals surface area contributed by atoms with E-state index in [4.69, 9.17) is 0 Å². The Morgan fingerprint density at radius 3 is 2.33 bits per heavy atom. The monoisotopic (exact) mass is 416 g/mol. The fourth-order valence-electron chi connectivity index (χ4n) is 3.66. The molecule has 1 aliphatic rings. The molecule has 0 spiro atoms. The number of carbonyl (C=O) groups excluding carboxylic acids is 2. The van der Waals surface area contributed by atoms with Crippen molar-refractivity contribution in [3.63, 3.8) is 0 Å². The van der Waals surface area contributed by atoms with Gasteiger partial charge >= 0.3 is 6.03 Å². The second-order valence-electron chi connectivity index (χ2n) is 7.75. The zero-order valence-corrected chi connectivity index (χ0v) is 17.8. The molecule has 0 radical (unpaired) electrons. The second-order valence-corrected chi connectivity index (χ2v) is 7.75. The summed E-state index contributed by atoms with van der Waals surface area (Å²) in [5.74, 6) is -0.407. The molecule has 0 bridgehead atoms. The lowest BCUT2D eigenvalue weighted by Gasteiger charge is -2.35. The molecule has 0 aliphatic carbocycles. The molecule has 1 fully saturated rings. The first-order valence-electron chi connectivity index (χ1n) is 10.1. The Hall–Kier alpha value is -2.94. The Morgan fingerprint density at radius 2 is 1.77 bits per heavy atom. The number of benzene rings is 1. The molecular weight excluding hydrogens is 387 g/mol. The summed E-state index contributed by atoms with van der Waals surface area (Å²) >= 11 is 0. The molecule has 1 aromatic heterocycles. The molecule has 2 heterocycles. The molecule has 3 amide bonds. The van der Waals surface area contributed by atoms with Crippen LogP contribution in [0.3, 0.4) is 0 Å². The molecule has 1 aromatic carbocycles. The van der Waals surface area contributed by atoms with E-state index in [0.717, 1.165) is 29.9 Å². The molecule has 1 aliphatic heterocycles. The highest BCUT2D eigenvalue weighted by molar-refractivity contribution is 5.95. The molecule has 0 saturated carbocycles. The first-order chi connectivity index (χ1) is 14.2. The third-order valence-electron chi connectivity index (χ3n) is 5.65. The number of rotatable bonds is 5. The van der Waals surface area contributed by atoms with E-state index >= 15 is 0 Å². The first-order valence-corrected chi connectivity index (χ1v) is 10.1. The van der Waals surface area contributed by atoms with Crippen LogP contribution >= 0.6 is 0 Å². The van der Waals surface area contributed by atoms with E-state index in [0.29, 0.717) is 18.8 Å². The fraction of sp³-hybridized carbons (Fsp3) is 0.476. The van der Waals surface area contributed by atoms with Crippen LogP contribution in [-0.2, 0) is 11.8 Å². The molecule has 30 heavy (non-hydrogen) atoms. The van der Waals surface area contributed by atoms with Crippen LogP contribution in [0.15, 0.2) is 24.3 Å². The molecule has 162 valence electrons. The van der Waals surface area contributed by atoms with Gasteiger partial charge in [-0.25, -0.2) is 9.18 Å². The van der Waals surface area contributed by atoms with Gasteiger partial charge in [0.25, 0.3) is 0 Å². The van der Waals surface area contributed by atoms with Gasteiger partial charge in [0.15, 0.2) is 0 Å². The molecule has 8 nitrogen and oxygen atoms in total. The minimum absolute atomic E-state index is 0.0276. The number of aromatic nitrogens is 2. The number of halogens is 1. The van der Waals surface area contributed by atoms with Gasteiger partial charge in [0, 0.05) is 31.9 Å². The van der Waals surface area contributed by atoms with Crippen molar-refractivity contribution in [2.24, 2.45) is 7.05 Å². The van der Waals surface area contributed by atoms with Gasteiger partial charge in [-0.3, -0.25) is 14.4 Å². The largest absolute Gasteiger partial charge is 0.335 e. The molecule has 1 atom stereocenters. The van der Waals surface area contributed by atoms with Crippen LogP contribution in [0.2, 0.25) is 0 Å². The molecule has 3 rings (SSSR count). The molecule has 9 heteroatoms. The van der Waals surface area contributed by atoms with Crippen molar-refractivity contribution in [2.75, 3.05) is 23.7 Å². The summed E-state index contributed by atoms with van der Waals surface area (Å²) in [6, 6.07) is 5.07. The highest BCUT2D eigenvalue weighted by atomic mass is 19.1. The lowest BCUT2D eigenvalue weighted by molar-refractivity contribution is -0.121. The van der Waals surface area contributed by atoms with Gasteiger partial charge in [0.2, 0.25) is 5.91 Å². The summed E-state index contributed by atoms with van der Waals surface area (Å²) in [4.78, 5) is 27.0. The van der Waals surface area contributed by atoms with Crippen LogP contribution in [0.1, 0.15) is 31.2 Å². The van der Waals surface area contributed by atoms with E-state index in [1.165, 1.54) is 24.3 Å². The summed E-state index contributed by atoms with van der Waals surface area (Å²) in [7, 11) is 1.85. The summed E-state index contributed by atoms with van der Waals surface area (Å²) in [5, 5.41) is 13.0. The Kier molecular flexibility index (Phi) is 6.71. The van der Waals surface area contributed by atoms with E-state index < -0.39 is 0 Å². The van der Waals surface area contributed by atoms with Crippen molar-refractivity contribution in [1.82, 2.24) is 20.0 Å². The number of likely N-dealkylation sites (tertiary alicyclic amines) is 1. The SMILES string of the molecule is Cc1nn(C)c(C)c1NC(=O)[C@@H](C)N1CCC(NC(=O)Nc2ccc(F)cc2)CC1. The van der Waals surface area contributed by atoms with Crippen LogP contribution in [-0.4, -0.2) is 51.8 Å². The Bertz CT molecular complexity index is 903. The van der Waals surface area contributed by atoms with Crippen LogP contribution in [0.5, 0.6) is 0 Å². The van der Waals surface area contributed by atoms with E-state index in [-0.39, 0.29) is 29.8 Å². The maximum Gasteiger partial charge on any atom is 0.319 e.